The average molecular weight is 514 g/mol. The summed E-state index contributed by atoms with van der Waals surface area (Å²) < 4.78 is 44.2. The molecule has 12 heteroatoms. The van der Waals surface area contributed by atoms with E-state index in [0.29, 0.717) is 43.3 Å². The highest BCUT2D eigenvalue weighted by atomic mass is 32.1. The Hall–Kier alpha value is -3.15. The van der Waals surface area contributed by atoms with Crippen molar-refractivity contribution in [3.63, 3.8) is 0 Å². The van der Waals surface area contributed by atoms with Crippen LogP contribution in [0.2, 0.25) is 0 Å². The van der Waals surface area contributed by atoms with Gasteiger partial charge in [-0.15, -0.1) is 0 Å². The van der Waals surface area contributed by atoms with Crippen LogP contribution in [0.25, 0.3) is 0 Å². The Bertz CT molecular complexity index is 1060. The molecule has 35 heavy (non-hydrogen) atoms. The number of aromatic nitrogens is 1. The lowest BCUT2D eigenvalue weighted by Gasteiger charge is -2.31. The number of nitrogens with two attached hydrogens (primary N) is 2. The van der Waals surface area contributed by atoms with Gasteiger partial charge in [-0.05, 0) is 48.5 Å². The number of anilines is 2. The number of halogens is 3. The van der Waals surface area contributed by atoms with Gasteiger partial charge in [0.05, 0.1) is 11.3 Å². The first-order valence-corrected chi connectivity index (χ1v) is 12.0. The van der Waals surface area contributed by atoms with Crippen LogP contribution in [0.1, 0.15) is 72.2 Å². The number of benzene rings is 1. The molecule has 1 heterocycles. The van der Waals surface area contributed by atoms with E-state index in [0.717, 1.165) is 23.1 Å². The van der Waals surface area contributed by atoms with Crippen molar-refractivity contribution in [1.29, 1.82) is 0 Å². The Labute approximate surface area is 206 Å². The number of nitrogens with zero attached hydrogens (tertiary/aromatic N) is 2. The molecule has 1 atom stereocenters. The fraction of sp³-hybridized carbons (Fsp3) is 0.478. The van der Waals surface area contributed by atoms with Crippen molar-refractivity contribution in [3.8, 4) is 0 Å². The van der Waals surface area contributed by atoms with Gasteiger partial charge in [-0.25, -0.2) is 0 Å². The fourth-order valence-corrected chi connectivity index (χ4v) is 4.13. The van der Waals surface area contributed by atoms with Gasteiger partial charge in [-0.1, -0.05) is 39.7 Å². The molecule has 5 N–H and O–H groups in total. The number of primary amides is 1. The molecule has 0 radical (unpaired) electrons. The number of rotatable bonds is 11. The van der Waals surface area contributed by atoms with E-state index in [-0.39, 0.29) is 28.4 Å². The second kappa shape index (κ2) is 12.0. The van der Waals surface area contributed by atoms with Crippen LogP contribution in [0.3, 0.4) is 0 Å². The van der Waals surface area contributed by atoms with Crippen LogP contribution in [0.4, 0.5) is 24.5 Å². The lowest BCUT2D eigenvalue weighted by Crippen LogP contribution is -2.50. The first-order chi connectivity index (χ1) is 16.4. The van der Waals surface area contributed by atoms with E-state index in [4.69, 9.17) is 11.5 Å². The molecule has 0 fully saturated rings. The van der Waals surface area contributed by atoms with Crippen molar-refractivity contribution < 1.29 is 27.6 Å². The molecule has 3 amide bonds. The summed E-state index contributed by atoms with van der Waals surface area (Å²) in [5, 5.41) is 2.79. The molecule has 0 aliphatic rings. The standard InChI is InChI=1S/C23H30F3N5O3S/c1-4-5-9-16(21(33)29-11-10-13(2)3)31(15-8-6-7-14(12-15)23(24,25)26)22(34)19-17(27)18(20(28)32)30-35-19/h6-8,12-13,16H,4-5,9-11,27H2,1-3H3,(H2,28,32)(H,29,33). The molecule has 2 aromatic rings. The van der Waals surface area contributed by atoms with E-state index in [1.54, 1.807) is 0 Å². The molecule has 1 aromatic carbocycles. The third-order valence-electron chi connectivity index (χ3n) is 5.29. The van der Waals surface area contributed by atoms with Gasteiger partial charge in [-0.3, -0.25) is 19.3 Å². The van der Waals surface area contributed by atoms with Gasteiger partial charge in [-0.2, -0.15) is 17.5 Å². The van der Waals surface area contributed by atoms with Crippen LogP contribution in [0.5, 0.6) is 0 Å². The van der Waals surface area contributed by atoms with Crippen LogP contribution in [-0.2, 0) is 11.0 Å². The number of amides is 3. The molecule has 0 aliphatic carbocycles. The van der Waals surface area contributed by atoms with E-state index < -0.39 is 35.5 Å². The highest BCUT2D eigenvalue weighted by Crippen LogP contribution is 2.34. The SMILES string of the molecule is CCCCC(C(=O)NCCC(C)C)N(C(=O)c1snc(C(N)=O)c1N)c1cccc(C(F)(F)F)c1. The molecule has 0 aliphatic heterocycles. The van der Waals surface area contributed by atoms with Crippen molar-refractivity contribution in [2.24, 2.45) is 11.7 Å². The predicted molar refractivity (Wildman–Crippen MR) is 129 cm³/mol. The number of carbonyl (C=O) groups is 3. The molecule has 0 spiro atoms. The Morgan fingerprint density at radius 3 is 2.43 bits per heavy atom. The molecule has 2 rings (SSSR count). The molecule has 0 saturated carbocycles. The molecule has 0 bridgehead atoms. The zero-order valence-electron chi connectivity index (χ0n) is 19.8. The minimum Gasteiger partial charge on any atom is -0.395 e. The Kier molecular flexibility index (Phi) is 9.64. The number of hydrogen-bond donors (Lipinski definition) is 3. The van der Waals surface area contributed by atoms with Gasteiger partial charge in [0.1, 0.15) is 10.9 Å². The third-order valence-corrected chi connectivity index (χ3v) is 6.14. The molecule has 192 valence electrons. The maximum atomic E-state index is 13.7. The number of hydrogen-bond acceptors (Lipinski definition) is 6. The minimum atomic E-state index is -4.66. The zero-order valence-corrected chi connectivity index (χ0v) is 20.6. The summed E-state index contributed by atoms with van der Waals surface area (Å²) in [4.78, 5) is 39.3. The summed E-state index contributed by atoms with van der Waals surface area (Å²) in [6.07, 6.45) is -2.54. The van der Waals surface area contributed by atoms with E-state index >= 15 is 0 Å². The Balaban J connectivity index is 2.60. The van der Waals surface area contributed by atoms with Gasteiger partial charge >= 0.3 is 6.18 Å². The van der Waals surface area contributed by atoms with Crippen LogP contribution < -0.4 is 21.7 Å². The second-order valence-electron chi connectivity index (χ2n) is 8.49. The summed E-state index contributed by atoms with van der Waals surface area (Å²) in [5.41, 5.74) is 9.49. The maximum absolute atomic E-state index is 13.7. The van der Waals surface area contributed by atoms with Crippen molar-refractivity contribution in [2.45, 2.75) is 58.7 Å². The average Bonchev–Trinajstić information content (AvgIpc) is 3.17. The van der Waals surface area contributed by atoms with Crippen LogP contribution in [-0.4, -0.2) is 34.7 Å². The normalized spacial score (nSPS) is 12.4. The van der Waals surface area contributed by atoms with Gasteiger partial charge in [0.2, 0.25) is 5.91 Å². The number of nitrogen functional groups attached to an aromatic ring is 1. The molecule has 1 aromatic heterocycles. The van der Waals surface area contributed by atoms with E-state index in [1.807, 2.05) is 20.8 Å². The second-order valence-corrected chi connectivity index (χ2v) is 9.27. The van der Waals surface area contributed by atoms with Crippen molar-refractivity contribution in [3.05, 3.63) is 40.4 Å². The molecular weight excluding hydrogens is 483 g/mol. The van der Waals surface area contributed by atoms with E-state index in [9.17, 15) is 27.6 Å². The summed E-state index contributed by atoms with van der Waals surface area (Å²) in [6, 6.07) is 3.06. The van der Waals surface area contributed by atoms with Gasteiger partial charge in [0, 0.05) is 12.2 Å². The maximum Gasteiger partial charge on any atom is 0.416 e. The molecule has 8 nitrogen and oxygen atoms in total. The van der Waals surface area contributed by atoms with Crippen molar-refractivity contribution >= 4 is 40.6 Å². The van der Waals surface area contributed by atoms with Crippen molar-refractivity contribution in [1.82, 2.24) is 9.69 Å². The van der Waals surface area contributed by atoms with Gasteiger partial charge in [0.25, 0.3) is 11.8 Å². The fourth-order valence-electron chi connectivity index (χ4n) is 3.39. The van der Waals surface area contributed by atoms with Gasteiger partial charge in [0.15, 0.2) is 5.69 Å². The monoisotopic (exact) mass is 513 g/mol. The number of unbranched alkanes of at least 4 members (excludes halogenated alkanes) is 1. The minimum absolute atomic E-state index is 0.127. The summed E-state index contributed by atoms with van der Waals surface area (Å²) in [6.45, 7) is 6.22. The Morgan fingerprint density at radius 1 is 1.20 bits per heavy atom. The van der Waals surface area contributed by atoms with Crippen molar-refractivity contribution in [2.75, 3.05) is 17.2 Å². The van der Waals surface area contributed by atoms with E-state index in [1.165, 1.54) is 6.07 Å². The first kappa shape index (κ1) is 28.1. The highest BCUT2D eigenvalue weighted by Gasteiger charge is 2.36. The summed E-state index contributed by atoms with van der Waals surface area (Å²) in [7, 11) is 0. The van der Waals surface area contributed by atoms with Crippen LogP contribution >= 0.6 is 11.5 Å². The predicted octanol–water partition coefficient (Wildman–Crippen LogP) is 4.21. The summed E-state index contributed by atoms with van der Waals surface area (Å²) in [5.74, 6) is -1.97. The number of carbonyl (C=O) groups excluding carboxylic acids is 3. The Morgan fingerprint density at radius 2 is 1.89 bits per heavy atom. The molecular formula is C23H30F3N5O3S. The lowest BCUT2D eigenvalue weighted by atomic mass is 10.0. The largest absolute Gasteiger partial charge is 0.416 e. The highest BCUT2D eigenvalue weighted by molar-refractivity contribution is 7.09. The quantitative estimate of drug-likeness (QED) is 0.414. The zero-order chi connectivity index (χ0) is 26.3. The third kappa shape index (κ3) is 7.17. The van der Waals surface area contributed by atoms with Crippen LogP contribution in [0, 0.1) is 5.92 Å². The smallest absolute Gasteiger partial charge is 0.395 e. The first-order valence-electron chi connectivity index (χ1n) is 11.2. The number of nitrogens with one attached hydrogen (secondary N) is 1. The lowest BCUT2D eigenvalue weighted by molar-refractivity contribution is -0.137. The number of alkyl halides is 3. The topological polar surface area (TPSA) is 131 Å². The molecule has 1 unspecified atom stereocenters. The summed E-state index contributed by atoms with van der Waals surface area (Å²) >= 11 is 0.599. The van der Waals surface area contributed by atoms with E-state index in [2.05, 4.69) is 9.69 Å². The van der Waals surface area contributed by atoms with Crippen LogP contribution in [0.15, 0.2) is 24.3 Å². The molecule has 0 saturated heterocycles. The van der Waals surface area contributed by atoms with Gasteiger partial charge < -0.3 is 16.8 Å².